The van der Waals surface area contributed by atoms with Crippen LogP contribution >= 0.6 is 11.6 Å². The Balaban J connectivity index is 1.21. The number of H-pyrrole nitrogens is 1. The molecule has 0 bridgehead atoms. The Morgan fingerprint density at radius 2 is 1.75 bits per heavy atom. The molecule has 5 aromatic rings. The molecule has 4 heterocycles. The summed E-state index contributed by atoms with van der Waals surface area (Å²) in [6.07, 6.45) is 4.19. The molecule has 1 saturated carbocycles. The number of benzene rings is 1. The first-order chi connectivity index (χ1) is 23.2. The molecule has 48 heavy (non-hydrogen) atoms. The second-order valence-corrected chi connectivity index (χ2v) is 11.3. The monoisotopic (exact) mass is 679 g/mol. The van der Waals surface area contributed by atoms with Crippen molar-refractivity contribution in [2.45, 2.75) is 50.5 Å². The normalized spacial score (nSPS) is 16.3. The molecular weight excluding hydrogens is 651 g/mol. The minimum atomic E-state index is -4.71. The van der Waals surface area contributed by atoms with Gasteiger partial charge in [-0.2, -0.15) is 18.3 Å². The zero-order valence-electron chi connectivity index (χ0n) is 25.4. The van der Waals surface area contributed by atoms with E-state index >= 15 is 0 Å². The number of methoxy groups -OCH3 is 1. The number of carbonyl (C=O) groups excluding carboxylic acids is 1. The molecule has 3 N–H and O–H groups in total. The molecule has 0 spiro atoms. The lowest BCUT2D eigenvalue weighted by Gasteiger charge is -2.36. The SMILES string of the molecule is COc1ncc(-c2ccnc(N(C(=O)NCc3ccccc3)[C@H]3CC[C@H](Nc4ncc(C(F)(F)F)c(-c5n[nH]cc5Cl)n4)CC3)n2)cn1. The van der Waals surface area contributed by atoms with Gasteiger partial charge in [0.1, 0.15) is 17.0 Å². The van der Waals surface area contributed by atoms with Crippen LogP contribution in [-0.4, -0.2) is 65.3 Å². The van der Waals surface area contributed by atoms with Crippen LogP contribution in [0.1, 0.15) is 36.8 Å². The average molecular weight is 680 g/mol. The lowest BCUT2D eigenvalue weighted by molar-refractivity contribution is -0.137. The fourth-order valence-electron chi connectivity index (χ4n) is 5.40. The quantitative estimate of drug-likeness (QED) is 0.170. The van der Waals surface area contributed by atoms with Crippen molar-refractivity contribution in [1.82, 2.24) is 45.4 Å². The van der Waals surface area contributed by atoms with Crippen molar-refractivity contribution in [3.63, 3.8) is 0 Å². The summed E-state index contributed by atoms with van der Waals surface area (Å²) in [4.78, 5) is 40.8. The Kier molecular flexibility index (Phi) is 9.61. The number of nitrogens with zero attached hydrogens (tertiary/aromatic N) is 8. The van der Waals surface area contributed by atoms with Gasteiger partial charge in [0, 0.05) is 55.2 Å². The number of aromatic nitrogens is 8. The first kappa shape index (κ1) is 32.6. The van der Waals surface area contributed by atoms with Crippen molar-refractivity contribution in [2.75, 3.05) is 17.3 Å². The summed E-state index contributed by atoms with van der Waals surface area (Å²) in [6.45, 7) is 0.298. The molecule has 17 heteroatoms. The molecule has 0 unspecified atom stereocenters. The van der Waals surface area contributed by atoms with E-state index in [1.807, 2.05) is 30.3 Å². The van der Waals surface area contributed by atoms with Crippen molar-refractivity contribution < 1.29 is 22.7 Å². The van der Waals surface area contributed by atoms with Crippen LogP contribution in [0.4, 0.5) is 29.9 Å². The van der Waals surface area contributed by atoms with Crippen molar-refractivity contribution >= 4 is 29.5 Å². The van der Waals surface area contributed by atoms with Gasteiger partial charge in [0.05, 0.1) is 17.8 Å². The summed E-state index contributed by atoms with van der Waals surface area (Å²) in [5, 5.41) is 12.4. The van der Waals surface area contributed by atoms with Gasteiger partial charge in [0.2, 0.25) is 11.9 Å². The van der Waals surface area contributed by atoms with E-state index < -0.39 is 17.4 Å². The maximum atomic E-state index is 13.8. The Morgan fingerprint density at radius 3 is 2.42 bits per heavy atom. The van der Waals surface area contributed by atoms with Gasteiger partial charge < -0.3 is 15.4 Å². The average Bonchev–Trinajstić information content (AvgIpc) is 3.54. The van der Waals surface area contributed by atoms with Gasteiger partial charge in [-0.25, -0.2) is 34.7 Å². The number of amides is 2. The molecule has 1 fully saturated rings. The zero-order valence-corrected chi connectivity index (χ0v) is 26.2. The minimum absolute atomic E-state index is 0.00194. The van der Waals surface area contributed by atoms with Crippen LogP contribution in [0.5, 0.6) is 6.01 Å². The van der Waals surface area contributed by atoms with Crippen LogP contribution in [0.2, 0.25) is 5.02 Å². The van der Waals surface area contributed by atoms with E-state index in [4.69, 9.17) is 21.3 Å². The number of alkyl halides is 3. The number of halogens is 4. The topological polar surface area (TPSA) is 160 Å². The summed E-state index contributed by atoms with van der Waals surface area (Å²) in [5.74, 6) is 0.215. The predicted octanol–water partition coefficient (Wildman–Crippen LogP) is 5.93. The van der Waals surface area contributed by atoms with E-state index in [0.29, 0.717) is 43.5 Å². The molecule has 1 aromatic carbocycles. The van der Waals surface area contributed by atoms with Crippen LogP contribution in [0.15, 0.2) is 67.4 Å². The molecule has 13 nitrogen and oxygen atoms in total. The highest BCUT2D eigenvalue weighted by molar-refractivity contribution is 6.32. The molecule has 2 amide bonds. The summed E-state index contributed by atoms with van der Waals surface area (Å²) in [7, 11) is 1.47. The van der Waals surface area contributed by atoms with E-state index in [1.165, 1.54) is 13.3 Å². The van der Waals surface area contributed by atoms with Gasteiger partial charge in [0.15, 0.2) is 0 Å². The molecule has 0 radical (unpaired) electrons. The van der Waals surface area contributed by atoms with Gasteiger partial charge >= 0.3 is 18.2 Å². The number of ether oxygens (including phenoxy) is 1. The Bertz CT molecular complexity index is 1850. The number of nitrogens with one attached hydrogen (secondary N) is 3. The third kappa shape index (κ3) is 7.43. The molecule has 4 aromatic heterocycles. The second kappa shape index (κ2) is 14.2. The van der Waals surface area contributed by atoms with Gasteiger partial charge in [-0.1, -0.05) is 41.9 Å². The smallest absolute Gasteiger partial charge is 0.420 e. The molecule has 0 atom stereocenters. The number of urea groups is 1. The van der Waals surface area contributed by atoms with E-state index in [9.17, 15) is 18.0 Å². The van der Waals surface area contributed by atoms with Gasteiger partial charge in [-0.15, -0.1) is 0 Å². The summed E-state index contributed by atoms with van der Waals surface area (Å²) < 4.78 is 46.3. The number of carbonyl (C=O) groups is 1. The molecule has 1 aliphatic rings. The number of hydrogen-bond acceptors (Lipinski definition) is 10. The summed E-state index contributed by atoms with van der Waals surface area (Å²) in [6, 6.07) is 10.6. The summed E-state index contributed by atoms with van der Waals surface area (Å²) >= 11 is 6.08. The highest BCUT2D eigenvalue weighted by Gasteiger charge is 2.37. The van der Waals surface area contributed by atoms with Crippen molar-refractivity contribution in [3.8, 4) is 28.7 Å². The number of hydrogen-bond donors (Lipinski definition) is 3. The second-order valence-electron chi connectivity index (χ2n) is 10.9. The minimum Gasteiger partial charge on any atom is -0.467 e. The van der Waals surface area contributed by atoms with Crippen LogP contribution in [0.25, 0.3) is 22.6 Å². The zero-order chi connectivity index (χ0) is 33.7. The first-order valence-corrected chi connectivity index (χ1v) is 15.3. The van der Waals surface area contributed by atoms with Crippen LogP contribution in [0.3, 0.4) is 0 Å². The molecule has 1 aliphatic carbocycles. The fraction of sp³-hybridized carbons (Fsp3) is 0.290. The Morgan fingerprint density at radius 1 is 1.00 bits per heavy atom. The summed E-state index contributed by atoms with van der Waals surface area (Å²) in [5.41, 5.74) is 0.455. The Labute approximate surface area is 277 Å². The standard InChI is InChI=1S/C31H29ClF3N11O2/c1-48-29-38-14-19(15-39-29)24-11-12-36-28(43-24)46(30(47)40-13-18-5-3-2-4-6-18)21-9-7-20(8-10-21)42-27-37-16-22(31(33,34)35)25(44-27)26-23(32)17-41-45-26/h2-6,11-12,14-17,20-21H,7-10,13H2,1H3,(H,40,47)(H,41,45)(H,37,42,44)/t20-,21-. The van der Waals surface area contributed by atoms with E-state index in [0.717, 1.165) is 11.8 Å². The van der Waals surface area contributed by atoms with Crippen molar-refractivity contribution in [2.24, 2.45) is 0 Å². The van der Waals surface area contributed by atoms with Crippen LogP contribution < -0.4 is 20.3 Å². The maximum Gasteiger partial charge on any atom is 0.420 e. The van der Waals surface area contributed by atoms with E-state index in [2.05, 4.69) is 45.8 Å². The molecule has 0 saturated heterocycles. The van der Waals surface area contributed by atoms with Gasteiger partial charge in [-0.05, 0) is 37.3 Å². The van der Waals surface area contributed by atoms with Gasteiger partial charge in [-0.3, -0.25) is 10.00 Å². The van der Waals surface area contributed by atoms with Crippen LogP contribution in [-0.2, 0) is 12.7 Å². The lowest BCUT2D eigenvalue weighted by Crippen LogP contribution is -2.49. The van der Waals surface area contributed by atoms with Gasteiger partial charge in [0.25, 0.3) is 0 Å². The number of anilines is 2. The van der Waals surface area contributed by atoms with E-state index in [-0.39, 0.29) is 46.7 Å². The third-order valence-corrected chi connectivity index (χ3v) is 8.07. The third-order valence-electron chi connectivity index (χ3n) is 7.78. The van der Waals surface area contributed by atoms with Crippen LogP contribution in [0, 0.1) is 0 Å². The Hall–Kier alpha value is -5.38. The number of rotatable bonds is 9. The molecule has 0 aliphatic heterocycles. The van der Waals surface area contributed by atoms with Crippen molar-refractivity contribution in [1.29, 1.82) is 0 Å². The maximum absolute atomic E-state index is 13.8. The highest BCUT2D eigenvalue weighted by Crippen LogP contribution is 2.38. The van der Waals surface area contributed by atoms with E-state index in [1.54, 1.807) is 29.6 Å². The predicted molar refractivity (Wildman–Crippen MR) is 170 cm³/mol. The largest absolute Gasteiger partial charge is 0.467 e. The highest BCUT2D eigenvalue weighted by atomic mass is 35.5. The lowest BCUT2D eigenvalue weighted by atomic mass is 9.90. The van der Waals surface area contributed by atoms with Crippen molar-refractivity contribution in [3.05, 3.63) is 83.5 Å². The fourth-order valence-corrected chi connectivity index (χ4v) is 5.58. The first-order valence-electron chi connectivity index (χ1n) is 14.9. The molecule has 248 valence electrons. The molecule has 6 rings (SSSR count). The number of aromatic amines is 1. The molecular formula is C31H29ClF3N11O2.